The summed E-state index contributed by atoms with van der Waals surface area (Å²) in [6.07, 6.45) is 6.39. The van der Waals surface area contributed by atoms with E-state index >= 15 is 0 Å². The number of carbonyl (C=O) groups is 1. The first-order chi connectivity index (χ1) is 8.59. The van der Waals surface area contributed by atoms with Crippen LogP contribution in [0, 0.1) is 10.1 Å². The average molecular weight is 243 g/mol. The van der Waals surface area contributed by atoms with Gasteiger partial charge in [-0.15, -0.1) is 0 Å². The highest BCUT2D eigenvalue weighted by Crippen LogP contribution is 2.36. The minimum absolute atomic E-state index is 0.457. The molecular formula is C14H13NO3. The first-order valence-corrected chi connectivity index (χ1v) is 5.65. The molecule has 1 aromatic carbocycles. The second-order valence-electron chi connectivity index (χ2n) is 4.27. The van der Waals surface area contributed by atoms with Crippen molar-refractivity contribution in [2.45, 2.75) is 18.4 Å². The number of ketones is 1. The predicted molar refractivity (Wildman–Crippen MR) is 67.9 cm³/mol. The maximum absolute atomic E-state index is 11.8. The minimum Gasteiger partial charge on any atom is -0.292 e. The van der Waals surface area contributed by atoms with Crippen LogP contribution < -0.4 is 0 Å². The lowest BCUT2D eigenvalue weighted by Gasteiger charge is -2.28. The standard InChI is InChI=1S/C14H13NO3/c1-11(16)14(15(17)18)10-6-5-9-13(14)12-7-3-2-4-8-12/h2-10,13H,1H3. The molecule has 2 atom stereocenters. The molecule has 0 heterocycles. The number of allylic oxidation sites excluding steroid dienone is 2. The molecule has 0 amide bonds. The van der Waals surface area contributed by atoms with Crippen molar-refractivity contribution in [3.63, 3.8) is 0 Å². The van der Waals surface area contributed by atoms with Crippen molar-refractivity contribution in [2.24, 2.45) is 0 Å². The van der Waals surface area contributed by atoms with E-state index in [4.69, 9.17) is 0 Å². The fraction of sp³-hybridized carbons (Fsp3) is 0.214. The average Bonchev–Trinajstić information content (AvgIpc) is 2.39. The fourth-order valence-corrected chi connectivity index (χ4v) is 2.29. The molecule has 2 unspecified atom stereocenters. The molecule has 0 saturated carbocycles. The van der Waals surface area contributed by atoms with Crippen LogP contribution in [0.5, 0.6) is 0 Å². The van der Waals surface area contributed by atoms with E-state index in [1.54, 1.807) is 30.4 Å². The van der Waals surface area contributed by atoms with Crippen LogP contribution >= 0.6 is 0 Å². The molecule has 0 saturated heterocycles. The Labute approximate surface area is 105 Å². The topological polar surface area (TPSA) is 60.2 Å². The molecule has 1 aliphatic carbocycles. The quantitative estimate of drug-likeness (QED) is 0.605. The van der Waals surface area contributed by atoms with Gasteiger partial charge in [0.2, 0.25) is 5.78 Å². The Kier molecular flexibility index (Phi) is 3.10. The summed E-state index contributed by atoms with van der Waals surface area (Å²) in [4.78, 5) is 22.7. The molecule has 0 radical (unpaired) electrons. The summed E-state index contributed by atoms with van der Waals surface area (Å²) in [6.45, 7) is 1.27. The molecule has 0 bridgehead atoms. The van der Waals surface area contributed by atoms with Gasteiger partial charge in [-0.25, -0.2) is 0 Å². The van der Waals surface area contributed by atoms with Crippen molar-refractivity contribution in [2.75, 3.05) is 0 Å². The van der Waals surface area contributed by atoms with Crippen molar-refractivity contribution < 1.29 is 9.72 Å². The zero-order valence-corrected chi connectivity index (χ0v) is 9.95. The van der Waals surface area contributed by atoms with Crippen LogP contribution in [-0.4, -0.2) is 16.2 Å². The number of Topliss-reactive ketones (excluding diaryl/α,β-unsaturated/α-hetero) is 1. The van der Waals surface area contributed by atoms with Crippen LogP contribution in [0.4, 0.5) is 0 Å². The van der Waals surface area contributed by atoms with Crippen molar-refractivity contribution in [3.05, 3.63) is 70.3 Å². The van der Waals surface area contributed by atoms with E-state index in [2.05, 4.69) is 0 Å². The maximum Gasteiger partial charge on any atom is 0.307 e. The van der Waals surface area contributed by atoms with Crippen molar-refractivity contribution in [1.82, 2.24) is 0 Å². The van der Waals surface area contributed by atoms with Gasteiger partial charge in [0.1, 0.15) is 0 Å². The molecule has 0 N–H and O–H groups in total. The Morgan fingerprint density at radius 1 is 1.28 bits per heavy atom. The summed E-state index contributed by atoms with van der Waals surface area (Å²) in [5, 5.41) is 11.4. The zero-order valence-electron chi connectivity index (χ0n) is 9.95. The SMILES string of the molecule is CC(=O)C1([N+](=O)[O-])C=CC=CC1c1ccccc1. The molecule has 18 heavy (non-hydrogen) atoms. The second kappa shape index (κ2) is 4.56. The highest BCUT2D eigenvalue weighted by Gasteiger charge is 2.53. The molecular weight excluding hydrogens is 230 g/mol. The molecule has 0 fully saturated rings. The summed E-state index contributed by atoms with van der Waals surface area (Å²) >= 11 is 0. The number of hydrogen-bond donors (Lipinski definition) is 0. The molecule has 0 aromatic heterocycles. The van der Waals surface area contributed by atoms with E-state index in [0.717, 1.165) is 5.56 Å². The highest BCUT2D eigenvalue weighted by atomic mass is 16.6. The Bertz CT molecular complexity index is 517. The van der Waals surface area contributed by atoms with Crippen LogP contribution in [0.3, 0.4) is 0 Å². The summed E-state index contributed by atoms with van der Waals surface area (Å²) in [5.41, 5.74) is -0.916. The zero-order chi connectivity index (χ0) is 13.2. The third-order valence-electron chi connectivity index (χ3n) is 3.26. The molecule has 4 heteroatoms. The Morgan fingerprint density at radius 3 is 2.50 bits per heavy atom. The monoisotopic (exact) mass is 243 g/mol. The van der Waals surface area contributed by atoms with Gasteiger partial charge in [-0.3, -0.25) is 14.9 Å². The number of rotatable bonds is 3. The predicted octanol–water partition coefficient (Wildman–Crippen LogP) is 2.50. The smallest absolute Gasteiger partial charge is 0.292 e. The maximum atomic E-state index is 11.8. The van der Waals surface area contributed by atoms with Gasteiger partial charge < -0.3 is 0 Å². The number of benzene rings is 1. The summed E-state index contributed by atoms with van der Waals surface area (Å²) in [6, 6.07) is 9.07. The van der Waals surface area contributed by atoms with Crippen LogP contribution in [0.15, 0.2) is 54.6 Å². The van der Waals surface area contributed by atoms with Gasteiger partial charge in [-0.2, -0.15) is 0 Å². The van der Waals surface area contributed by atoms with Crippen LogP contribution in [-0.2, 0) is 4.79 Å². The number of hydrogen-bond acceptors (Lipinski definition) is 3. The first-order valence-electron chi connectivity index (χ1n) is 5.65. The first kappa shape index (κ1) is 12.2. The molecule has 0 aliphatic heterocycles. The van der Waals surface area contributed by atoms with E-state index < -0.39 is 22.2 Å². The second-order valence-corrected chi connectivity index (χ2v) is 4.27. The summed E-state index contributed by atoms with van der Waals surface area (Å²) in [5.74, 6) is -1.02. The van der Waals surface area contributed by atoms with Crippen molar-refractivity contribution >= 4 is 5.78 Å². The number of nitrogens with zero attached hydrogens (tertiary/aromatic N) is 1. The van der Waals surface area contributed by atoms with E-state index in [1.807, 2.05) is 18.2 Å². The Morgan fingerprint density at radius 2 is 1.94 bits per heavy atom. The Balaban J connectivity index is 2.57. The summed E-state index contributed by atoms with van der Waals surface area (Å²) < 4.78 is 0. The van der Waals surface area contributed by atoms with E-state index in [-0.39, 0.29) is 0 Å². The van der Waals surface area contributed by atoms with Gasteiger partial charge in [-0.05, 0) is 5.56 Å². The van der Waals surface area contributed by atoms with Crippen molar-refractivity contribution in [1.29, 1.82) is 0 Å². The number of nitro groups is 1. The lowest BCUT2D eigenvalue weighted by molar-refractivity contribution is -0.540. The minimum atomic E-state index is -1.68. The largest absolute Gasteiger partial charge is 0.307 e. The van der Waals surface area contributed by atoms with Gasteiger partial charge in [0.05, 0.1) is 5.92 Å². The van der Waals surface area contributed by atoms with Crippen LogP contribution in [0.1, 0.15) is 18.4 Å². The molecule has 1 aromatic rings. The van der Waals surface area contributed by atoms with Crippen molar-refractivity contribution in [3.8, 4) is 0 Å². The summed E-state index contributed by atoms with van der Waals surface area (Å²) in [7, 11) is 0. The fourth-order valence-electron chi connectivity index (χ4n) is 2.29. The number of carbonyl (C=O) groups excluding carboxylic acids is 1. The van der Waals surface area contributed by atoms with E-state index in [1.165, 1.54) is 13.0 Å². The van der Waals surface area contributed by atoms with Crippen LogP contribution in [0.25, 0.3) is 0 Å². The molecule has 0 spiro atoms. The molecule has 4 nitrogen and oxygen atoms in total. The highest BCUT2D eigenvalue weighted by molar-refractivity contribution is 5.89. The van der Waals surface area contributed by atoms with Gasteiger partial charge in [0.15, 0.2) is 0 Å². The third-order valence-corrected chi connectivity index (χ3v) is 3.26. The van der Waals surface area contributed by atoms with Gasteiger partial charge in [-0.1, -0.05) is 48.6 Å². The molecule has 1 aliphatic rings. The van der Waals surface area contributed by atoms with Gasteiger partial charge in [0, 0.05) is 17.9 Å². The third kappa shape index (κ3) is 1.76. The van der Waals surface area contributed by atoms with Gasteiger partial charge in [0.25, 0.3) is 0 Å². The van der Waals surface area contributed by atoms with E-state index in [0.29, 0.717) is 0 Å². The molecule has 92 valence electrons. The van der Waals surface area contributed by atoms with E-state index in [9.17, 15) is 14.9 Å². The normalized spacial score (nSPS) is 25.9. The van der Waals surface area contributed by atoms with Crippen LogP contribution in [0.2, 0.25) is 0 Å². The molecule has 2 rings (SSSR count). The lowest BCUT2D eigenvalue weighted by Crippen LogP contribution is -2.49. The lowest BCUT2D eigenvalue weighted by atomic mass is 9.74. The Hall–Kier alpha value is -2.23. The van der Waals surface area contributed by atoms with Gasteiger partial charge >= 0.3 is 5.54 Å².